The first-order chi connectivity index (χ1) is 8.29. The predicted octanol–water partition coefficient (Wildman–Crippen LogP) is 3.57. The molecule has 0 aliphatic rings. The predicted molar refractivity (Wildman–Crippen MR) is 70.0 cm³/mol. The standard InChI is InChI=1S/C14H14O2S/c1-16-12-5-2-4-11(10-12)14(15)8-7-13-6-3-9-17-13/h2-6,9-10H,7-8H2,1H3. The van der Waals surface area contributed by atoms with Gasteiger partial charge >= 0.3 is 0 Å². The maximum absolute atomic E-state index is 12.0. The molecule has 2 nitrogen and oxygen atoms in total. The van der Waals surface area contributed by atoms with E-state index in [4.69, 9.17) is 4.74 Å². The average Bonchev–Trinajstić information content (AvgIpc) is 2.89. The van der Waals surface area contributed by atoms with Gasteiger partial charge in [-0.15, -0.1) is 11.3 Å². The maximum Gasteiger partial charge on any atom is 0.163 e. The van der Waals surface area contributed by atoms with Gasteiger partial charge in [0.15, 0.2) is 5.78 Å². The van der Waals surface area contributed by atoms with Crippen molar-refractivity contribution in [3.05, 3.63) is 52.2 Å². The van der Waals surface area contributed by atoms with E-state index in [1.807, 2.05) is 29.6 Å². The van der Waals surface area contributed by atoms with Gasteiger partial charge in [-0.3, -0.25) is 4.79 Å². The van der Waals surface area contributed by atoms with Crippen LogP contribution in [0.4, 0.5) is 0 Å². The number of Topliss-reactive ketones (excluding diaryl/α,β-unsaturated/α-hetero) is 1. The van der Waals surface area contributed by atoms with Crippen LogP contribution in [0.3, 0.4) is 0 Å². The third-order valence-corrected chi connectivity index (χ3v) is 3.51. The van der Waals surface area contributed by atoms with Crippen LogP contribution in [0.2, 0.25) is 0 Å². The summed E-state index contributed by atoms with van der Waals surface area (Å²) in [5.74, 6) is 0.893. The SMILES string of the molecule is COc1cccc(C(=O)CCc2cccs2)c1. The molecule has 88 valence electrons. The van der Waals surface area contributed by atoms with Crippen LogP contribution in [-0.2, 0) is 6.42 Å². The zero-order valence-electron chi connectivity index (χ0n) is 9.68. The molecular formula is C14H14O2S. The quantitative estimate of drug-likeness (QED) is 0.754. The van der Waals surface area contributed by atoms with Gasteiger partial charge in [0.1, 0.15) is 5.75 Å². The van der Waals surface area contributed by atoms with Gasteiger partial charge in [0.25, 0.3) is 0 Å². The van der Waals surface area contributed by atoms with Gasteiger partial charge in [0, 0.05) is 16.9 Å². The Morgan fingerprint density at radius 2 is 2.18 bits per heavy atom. The van der Waals surface area contributed by atoms with Crippen LogP contribution < -0.4 is 4.74 Å². The lowest BCUT2D eigenvalue weighted by Crippen LogP contribution is -2.00. The smallest absolute Gasteiger partial charge is 0.163 e. The summed E-state index contributed by atoms with van der Waals surface area (Å²) in [6, 6.07) is 11.4. The molecule has 1 aromatic carbocycles. The molecule has 0 amide bonds. The van der Waals surface area contributed by atoms with Gasteiger partial charge < -0.3 is 4.74 Å². The number of hydrogen-bond donors (Lipinski definition) is 0. The zero-order chi connectivity index (χ0) is 12.1. The van der Waals surface area contributed by atoms with Crippen molar-refractivity contribution in [3.8, 4) is 5.75 Å². The van der Waals surface area contributed by atoms with Crippen LogP contribution in [-0.4, -0.2) is 12.9 Å². The number of carbonyl (C=O) groups excluding carboxylic acids is 1. The minimum Gasteiger partial charge on any atom is -0.497 e. The molecule has 2 rings (SSSR count). The van der Waals surface area contributed by atoms with E-state index >= 15 is 0 Å². The Morgan fingerprint density at radius 1 is 1.29 bits per heavy atom. The van der Waals surface area contributed by atoms with Gasteiger partial charge in [0.05, 0.1) is 7.11 Å². The van der Waals surface area contributed by atoms with Gasteiger partial charge in [0.2, 0.25) is 0 Å². The van der Waals surface area contributed by atoms with Crippen molar-refractivity contribution in [2.45, 2.75) is 12.8 Å². The zero-order valence-corrected chi connectivity index (χ0v) is 10.5. The molecule has 1 heterocycles. The molecule has 0 spiro atoms. The van der Waals surface area contributed by atoms with Gasteiger partial charge in [-0.05, 0) is 30.0 Å². The summed E-state index contributed by atoms with van der Waals surface area (Å²) < 4.78 is 5.11. The Labute approximate surface area is 105 Å². The number of aryl methyl sites for hydroxylation is 1. The Kier molecular flexibility index (Phi) is 3.94. The lowest BCUT2D eigenvalue weighted by Gasteiger charge is -2.03. The average molecular weight is 246 g/mol. The molecule has 0 N–H and O–H groups in total. The van der Waals surface area contributed by atoms with E-state index in [1.54, 1.807) is 24.5 Å². The highest BCUT2D eigenvalue weighted by Crippen LogP contribution is 2.16. The number of methoxy groups -OCH3 is 1. The fraction of sp³-hybridized carbons (Fsp3) is 0.214. The number of ketones is 1. The van der Waals surface area contributed by atoms with E-state index < -0.39 is 0 Å². The molecule has 1 aromatic heterocycles. The highest BCUT2D eigenvalue weighted by molar-refractivity contribution is 7.09. The Morgan fingerprint density at radius 3 is 2.88 bits per heavy atom. The molecule has 0 fully saturated rings. The molecule has 0 bridgehead atoms. The molecule has 17 heavy (non-hydrogen) atoms. The van der Waals surface area contributed by atoms with Crippen molar-refractivity contribution in [2.75, 3.05) is 7.11 Å². The lowest BCUT2D eigenvalue weighted by atomic mass is 10.1. The van der Waals surface area contributed by atoms with Crippen molar-refractivity contribution >= 4 is 17.1 Å². The van der Waals surface area contributed by atoms with E-state index in [2.05, 4.69) is 6.07 Å². The second kappa shape index (κ2) is 5.64. The lowest BCUT2D eigenvalue weighted by molar-refractivity contribution is 0.0983. The summed E-state index contributed by atoms with van der Waals surface area (Å²) in [7, 11) is 1.61. The minimum absolute atomic E-state index is 0.164. The van der Waals surface area contributed by atoms with Crippen LogP contribution in [0.5, 0.6) is 5.75 Å². The number of benzene rings is 1. The minimum atomic E-state index is 0.164. The normalized spacial score (nSPS) is 10.2. The molecule has 0 unspecified atom stereocenters. The first-order valence-electron chi connectivity index (χ1n) is 5.49. The molecular weight excluding hydrogens is 232 g/mol. The fourth-order valence-corrected chi connectivity index (χ4v) is 2.34. The first kappa shape index (κ1) is 11.9. The third-order valence-electron chi connectivity index (χ3n) is 2.57. The second-order valence-electron chi connectivity index (χ2n) is 3.73. The molecule has 0 atom stereocenters. The van der Waals surface area contributed by atoms with E-state index in [0.717, 1.165) is 17.7 Å². The van der Waals surface area contributed by atoms with Crippen molar-refractivity contribution in [3.63, 3.8) is 0 Å². The monoisotopic (exact) mass is 246 g/mol. The van der Waals surface area contributed by atoms with Crippen LogP contribution in [0.25, 0.3) is 0 Å². The van der Waals surface area contributed by atoms with Crippen LogP contribution >= 0.6 is 11.3 Å². The maximum atomic E-state index is 12.0. The topological polar surface area (TPSA) is 26.3 Å². The number of hydrogen-bond acceptors (Lipinski definition) is 3. The molecule has 0 aliphatic heterocycles. The van der Waals surface area contributed by atoms with Gasteiger partial charge in [-0.25, -0.2) is 0 Å². The molecule has 0 radical (unpaired) electrons. The summed E-state index contributed by atoms with van der Waals surface area (Å²) in [5, 5.41) is 2.03. The van der Waals surface area contributed by atoms with Crippen molar-refractivity contribution in [1.29, 1.82) is 0 Å². The van der Waals surface area contributed by atoms with Gasteiger partial charge in [-0.1, -0.05) is 18.2 Å². The highest BCUT2D eigenvalue weighted by Gasteiger charge is 2.07. The number of thiophene rings is 1. The van der Waals surface area contributed by atoms with Crippen molar-refractivity contribution in [2.24, 2.45) is 0 Å². The molecule has 0 aliphatic carbocycles. The Hall–Kier alpha value is -1.61. The largest absolute Gasteiger partial charge is 0.497 e. The van der Waals surface area contributed by atoms with Crippen LogP contribution in [0.1, 0.15) is 21.7 Å². The third kappa shape index (κ3) is 3.17. The van der Waals surface area contributed by atoms with E-state index in [1.165, 1.54) is 4.88 Å². The van der Waals surface area contributed by atoms with Crippen molar-refractivity contribution < 1.29 is 9.53 Å². The molecule has 0 saturated heterocycles. The van der Waals surface area contributed by atoms with Crippen molar-refractivity contribution in [1.82, 2.24) is 0 Å². The Bertz CT molecular complexity index is 489. The fourth-order valence-electron chi connectivity index (χ4n) is 1.63. The first-order valence-corrected chi connectivity index (χ1v) is 6.37. The van der Waals surface area contributed by atoms with Crippen LogP contribution in [0, 0.1) is 0 Å². The molecule has 3 heteroatoms. The number of ether oxygens (including phenoxy) is 1. The summed E-state index contributed by atoms with van der Waals surface area (Å²) in [4.78, 5) is 13.2. The summed E-state index contributed by atoms with van der Waals surface area (Å²) in [5.41, 5.74) is 0.723. The number of carbonyl (C=O) groups is 1. The van der Waals surface area contributed by atoms with E-state index in [9.17, 15) is 4.79 Å². The summed E-state index contributed by atoms with van der Waals surface area (Å²) >= 11 is 1.69. The Balaban J connectivity index is 1.99. The molecule has 2 aromatic rings. The molecule has 0 saturated carbocycles. The van der Waals surface area contributed by atoms with Gasteiger partial charge in [-0.2, -0.15) is 0 Å². The summed E-state index contributed by atoms with van der Waals surface area (Å²) in [6.45, 7) is 0. The van der Waals surface area contributed by atoms with Crippen LogP contribution in [0.15, 0.2) is 41.8 Å². The van der Waals surface area contributed by atoms with E-state index in [0.29, 0.717) is 6.42 Å². The highest BCUT2D eigenvalue weighted by atomic mass is 32.1. The second-order valence-corrected chi connectivity index (χ2v) is 4.77. The summed E-state index contributed by atoms with van der Waals surface area (Å²) in [6.07, 6.45) is 1.36. The van der Waals surface area contributed by atoms with E-state index in [-0.39, 0.29) is 5.78 Å². The number of rotatable bonds is 5.